The van der Waals surface area contributed by atoms with Gasteiger partial charge in [0.15, 0.2) is 6.10 Å². The van der Waals surface area contributed by atoms with Crippen LogP contribution in [0, 0.1) is 6.92 Å². The third kappa shape index (κ3) is 4.17. The van der Waals surface area contributed by atoms with E-state index in [9.17, 15) is 14.7 Å². The van der Waals surface area contributed by atoms with Gasteiger partial charge in [0, 0.05) is 14.2 Å². The number of nitrogens with zero attached hydrogens (tertiary/aromatic N) is 2. The number of imide groups is 1. The number of hydrogen-bond donors (Lipinski definition) is 1. The molecule has 2 aromatic carbocycles. The SMILES string of the molecule is CO[C@H](C(=O)N1C(=O)O[C@H](c2ccccc2)[C@H](C)N1C)[C@H](O)c1cccc(C)c1. The zero-order chi connectivity index (χ0) is 21.1. The number of aliphatic hydroxyl groups is 1. The monoisotopic (exact) mass is 398 g/mol. The molecule has 29 heavy (non-hydrogen) atoms. The lowest BCUT2D eigenvalue weighted by molar-refractivity contribution is -0.178. The Labute approximate surface area is 170 Å². The lowest BCUT2D eigenvalue weighted by Gasteiger charge is -2.43. The lowest BCUT2D eigenvalue weighted by atomic mass is 10.0. The number of hydrazine groups is 1. The van der Waals surface area contributed by atoms with E-state index in [2.05, 4.69) is 0 Å². The van der Waals surface area contributed by atoms with Crippen molar-refractivity contribution in [2.75, 3.05) is 14.2 Å². The van der Waals surface area contributed by atoms with Gasteiger partial charge in [-0.15, -0.1) is 0 Å². The standard InChI is InChI=1S/C22H26N2O5/c1-14-9-8-12-17(13-14)18(25)20(28-4)21(26)24-22(27)29-19(15(2)23(24)3)16-10-6-5-7-11-16/h5-13,15,18-20,25H,1-4H3/t15-,18+,19-,20-/m0/s1. The molecular formula is C22H26N2O5. The predicted molar refractivity (Wildman–Crippen MR) is 107 cm³/mol. The maximum absolute atomic E-state index is 13.1. The molecule has 1 saturated heterocycles. The number of aryl methyl sites for hydroxylation is 1. The van der Waals surface area contributed by atoms with Crippen molar-refractivity contribution >= 4 is 12.0 Å². The van der Waals surface area contributed by atoms with Crippen LogP contribution in [-0.4, -0.2) is 53.4 Å². The summed E-state index contributed by atoms with van der Waals surface area (Å²) in [5.74, 6) is -0.688. The topological polar surface area (TPSA) is 79.3 Å². The molecule has 0 saturated carbocycles. The molecule has 1 N–H and O–H groups in total. The van der Waals surface area contributed by atoms with Gasteiger partial charge in [-0.1, -0.05) is 60.2 Å². The van der Waals surface area contributed by atoms with Crippen LogP contribution < -0.4 is 0 Å². The Morgan fingerprint density at radius 3 is 2.48 bits per heavy atom. The van der Waals surface area contributed by atoms with Gasteiger partial charge in [-0.25, -0.2) is 9.80 Å². The summed E-state index contributed by atoms with van der Waals surface area (Å²) in [6.07, 6.45) is -3.80. The number of likely N-dealkylation sites (N-methyl/N-ethyl adjacent to an activating group) is 1. The van der Waals surface area contributed by atoms with E-state index in [0.29, 0.717) is 5.56 Å². The molecule has 0 aliphatic carbocycles. The average Bonchev–Trinajstić information content (AvgIpc) is 2.72. The molecule has 1 aliphatic heterocycles. The largest absolute Gasteiger partial charge is 0.438 e. The van der Waals surface area contributed by atoms with Gasteiger partial charge >= 0.3 is 6.09 Å². The van der Waals surface area contributed by atoms with Gasteiger partial charge in [-0.3, -0.25) is 4.79 Å². The third-order valence-electron chi connectivity index (χ3n) is 5.25. The van der Waals surface area contributed by atoms with Gasteiger partial charge in [-0.05, 0) is 25.0 Å². The van der Waals surface area contributed by atoms with Crippen molar-refractivity contribution in [1.29, 1.82) is 0 Å². The number of methoxy groups -OCH3 is 1. The average molecular weight is 398 g/mol. The van der Waals surface area contributed by atoms with Crippen molar-refractivity contribution in [2.45, 2.75) is 38.2 Å². The molecule has 1 fully saturated rings. The van der Waals surface area contributed by atoms with Crippen LogP contribution in [0.3, 0.4) is 0 Å². The summed E-state index contributed by atoms with van der Waals surface area (Å²) in [6, 6.07) is 16.2. The van der Waals surface area contributed by atoms with Crippen molar-refractivity contribution in [3.8, 4) is 0 Å². The molecule has 4 atom stereocenters. The zero-order valence-electron chi connectivity index (χ0n) is 17.0. The lowest BCUT2D eigenvalue weighted by Crippen LogP contribution is -2.61. The first kappa shape index (κ1) is 21.0. The Balaban J connectivity index is 1.83. The van der Waals surface area contributed by atoms with Gasteiger partial charge in [0.25, 0.3) is 5.91 Å². The fourth-order valence-corrected chi connectivity index (χ4v) is 3.51. The number of amides is 2. The van der Waals surface area contributed by atoms with Gasteiger partial charge in [0.1, 0.15) is 12.2 Å². The first-order valence-corrected chi connectivity index (χ1v) is 9.44. The van der Waals surface area contributed by atoms with Crippen LogP contribution in [-0.2, 0) is 14.3 Å². The second-order valence-corrected chi connectivity index (χ2v) is 7.19. The van der Waals surface area contributed by atoms with E-state index < -0.39 is 30.3 Å². The summed E-state index contributed by atoms with van der Waals surface area (Å²) in [4.78, 5) is 25.9. The number of aliphatic hydroxyl groups excluding tert-OH is 1. The summed E-state index contributed by atoms with van der Waals surface area (Å²) in [7, 11) is 2.97. The summed E-state index contributed by atoms with van der Waals surface area (Å²) >= 11 is 0. The Hall–Kier alpha value is -2.74. The number of benzene rings is 2. The van der Waals surface area contributed by atoms with Crippen molar-refractivity contribution in [3.63, 3.8) is 0 Å². The van der Waals surface area contributed by atoms with E-state index in [1.165, 1.54) is 12.1 Å². The minimum atomic E-state index is -1.26. The minimum absolute atomic E-state index is 0.298. The molecule has 0 unspecified atom stereocenters. The van der Waals surface area contributed by atoms with Crippen LogP contribution in [0.1, 0.15) is 35.8 Å². The number of ether oxygens (including phenoxy) is 2. The highest BCUT2D eigenvalue weighted by atomic mass is 16.6. The van der Waals surface area contributed by atoms with Crippen LogP contribution in [0.15, 0.2) is 54.6 Å². The van der Waals surface area contributed by atoms with E-state index in [-0.39, 0.29) is 6.04 Å². The van der Waals surface area contributed by atoms with Crippen molar-refractivity contribution in [3.05, 3.63) is 71.3 Å². The van der Waals surface area contributed by atoms with Crippen molar-refractivity contribution in [2.24, 2.45) is 0 Å². The Morgan fingerprint density at radius 2 is 1.86 bits per heavy atom. The van der Waals surface area contributed by atoms with Gasteiger partial charge in [0.2, 0.25) is 0 Å². The van der Waals surface area contributed by atoms with Gasteiger partial charge in [-0.2, -0.15) is 5.01 Å². The summed E-state index contributed by atoms with van der Waals surface area (Å²) < 4.78 is 10.9. The van der Waals surface area contributed by atoms with Gasteiger partial charge in [0.05, 0.1) is 6.04 Å². The van der Waals surface area contributed by atoms with Crippen LogP contribution in [0.25, 0.3) is 0 Å². The molecule has 0 spiro atoms. The first-order chi connectivity index (χ1) is 13.8. The highest BCUT2D eigenvalue weighted by Gasteiger charge is 2.45. The molecule has 7 heteroatoms. The molecule has 0 radical (unpaired) electrons. The predicted octanol–water partition coefficient (Wildman–Crippen LogP) is 3.00. The van der Waals surface area contributed by atoms with Crippen LogP contribution in [0.4, 0.5) is 4.79 Å². The molecular weight excluding hydrogens is 372 g/mol. The molecule has 1 aliphatic rings. The highest BCUT2D eigenvalue weighted by Crippen LogP contribution is 2.32. The van der Waals surface area contributed by atoms with Crippen LogP contribution in [0.2, 0.25) is 0 Å². The summed E-state index contributed by atoms with van der Waals surface area (Å²) in [5.41, 5.74) is 2.32. The highest BCUT2D eigenvalue weighted by molar-refractivity contribution is 5.94. The van der Waals surface area contributed by atoms with Gasteiger partial charge < -0.3 is 14.6 Å². The molecule has 2 aromatic rings. The summed E-state index contributed by atoms with van der Waals surface area (Å²) in [5, 5.41) is 13.2. The minimum Gasteiger partial charge on any atom is -0.438 e. The number of hydrogen-bond acceptors (Lipinski definition) is 6. The normalized spacial score (nSPS) is 22.1. The van der Waals surface area contributed by atoms with E-state index in [1.807, 2.05) is 50.2 Å². The number of cyclic esters (lactones) is 1. The maximum Gasteiger partial charge on any atom is 0.432 e. The number of carbonyl (C=O) groups excluding carboxylic acids is 2. The second kappa shape index (κ2) is 8.73. The van der Waals surface area contributed by atoms with E-state index >= 15 is 0 Å². The number of carbonyl (C=O) groups is 2. The molecule has 3 rings (SSSR count). The van der Waals surface area contributed by atoms with Crippen molar-refractivity contribution < 1.29 is 24.2 Å². The molecule has 154 valence electrons. The smallest absolute Gasteiger partial charge is 0.432 e. The Bertz CT molecular complexity index is 873. The fourth-order valence-electron chi connectivity index (χ4n) is 3.51. The number of rotatable bonds is 5. The van der Waals surface area contributed by atoms with E-state index in [4.69, 9.17) is 9.47 Å². The summed E-state index contributed by atoms with van der Waals surface area (Å²) in [6.45, 7) is 3.75. The quantitative estimate of drug-likeness (QED) is 0.834. The molecule has 7 nitrogen and oxygen atoms in total. The van der Waals surface area contributed by atoms with E-state index in [1.54, 1.807) is 25.2 Å². The van der Waals surface area contributed by atoms with Crippen LogP contribution in [0.5, 0.6) is 0 Å². The molecule has 2 amide bonds. The second-order valence-electron chi connectivity index (χ2n) is 7.19. The Kier molecular flexibility index (Phi) is 6.32. The van der Waals surface area contributed by atoms with Crippen molar-refractivity contribution in [1.82, 2.24) is 10.0 Å². The fraction of sp³-hybridized carbons (Fsp3) is 0.364. The van der Waals surface area contributed by atoms with E-state index in [0.717, 1.165) is 16.1 Å². The Morgan fingerprint density at radius 1 is 1.17 bits per heavy atom. The molecule has 0 aromatic heterocycles. The molecule has 0 bridgehead atoms. The first-order valence-electron chi connectivity index (χ1n) is 9.44. The molecule has 1 heterocycles. The maximum atomic E-state index is 13.1. The van der Waals surface area contributed by atoms with Crippen LogP contribution >= 0.6 is 0 Å². The zero-order valence-corrected chi connectivity index (χ0v) is 17.0. The third-order valence-corrected chi connectivity index (χ3v) is 5.25.